The molecule has 0 N–H and O–H groups in total. The SMILES string of the molecule is CC(OC(=O)Cn1cnc2c1c(=O)n(C)c(=O)n2C)C(=O)N1CCc2ccccc21. The largest absolute Gasteiger partial charge is 0.451 e. The Morgan fingerprint density at radius 3 is 2.67 bits per heavy atom. The Hall–Kier alpha value is -3.69. The van der Waals surface area contributed by atoms with Crippen LogP contribution in [0.5, 0.6) is 0 Å². The molecule has 0 bridgehead atoms. The number of esters is 1. The molecule has 0 aliphatic carbocycles. The van der Waals surface area contributed by atoms with Crippen LogP contribution in [0.4, 0.5) is 5.69 Å². The molecule has 0 spiro atoms. The Balaban J connectivity index is 1.51. The van der Waals surface area contributed by atoms with Crippen LogP contribution in [-0.2, 0) is 41.4 Å². The van der Waals surface area contributed by atoms with E-state index in [0.717, 1.165) is 22.2 Å². The van der Waals surface area contributed by atoms with Crippen LogP contribution in [0.25, 0.3) is 11.2 Å². The fraction of sp³-hybridized carbons (Fsp3) is 0.350. The molecule has 0 saturated heterocycles. The number of hydrogen-bond acceptors (Lipinski definition) is 6. The highest BCUT2D eigenvalue weighted by molar-refractivity contribution is 5.99. The van der Waals surface area contributed by atoms with Gasteiger partial charge in [0.2, 0.25) is 0 Å². The zero-order valence-electron chi connectivity index (χ0n) is 16.9. The van der Waals surface area contributed by atoms with Crippen LogP contribution in [0.3, 0.4) is 0 Å². The van der Waals surface area contributed by atoms with Gasteiger partial charge in [-0.1, -0.05) is 18.2 Å². The van der Waals surface area contributed by atoms with Crippen molar-refractivity contribution in [2.75, 3.05) is 11.4 Å². The second-order valence-corrected chi connectivity index (χ2v) is 7.25. The molecule has 30 heavy (non-hydrogen) atoms. The monoisotopic (exact) mass is 411 g/mol. The second kappa shape index (κ2) is 7.29. The van der Waals surface area contributed by atoms with Gasteiger partial charge in [0.1, 0.15) is 6.54 Å². The number of anilines is 1. The predicted octanol–water partition coefficient (Wildman–Crippen LogP) is -0.0453. The summed E-state index contributed by atoms with van der Waals surface area (Å²) in [6, 6.07) is 7.62. The van der Waals surface area contributed by atoms with Crippen LogP contribution >= 0.6 is 0 Å². The molecule has 3 heterocycles. The van der Waals surface area contributed by atoms with E-state index in [0.29, 0.717) is 6.54 Å². The van der Waals surface area contributed by atoms with Crippen molar-refractivity contribution in [2.45, 2.75) is 26.0 Å². The molecule has 0 radical (unpaired) electrons. The molecule has 10 heteroatoms. The van der Waals surface area contributed by atoms with E-state index in [1.807, 2.05) is 24.3 Å². The first-order valence-corrected chi connectivity index (χ1v) is 9.49. The van der Waals surface area contributed by atoms with E-state index in [-0.39, 0.29) is 23.6 Å². The van der Waals surface area contributed by atoms with Crippen LogP contribution in [0.1, 0.15) is 12.5 Å². The van der Waals surface area contributed by atoms with Gasteiger partial charge in [-0.15, -0.1) is 0 Å². The zero-order valence-corrected chi connectivity index (χ0v) is 16.9. The van der Waals surface area contributed by atoms with E-state index >= 15 is 0 Å². The number of fused-ring (bicyclic) bond motifs is 2. The van der Waals surface area contributed by atoms with Crippen molar-refractivity contribution in [2.24, 2.45) is 14.1 Å². The minimum absolute atomic E-state index is 0.115. The van der Waals surface area contributed by atoms with Gasteiger partial charge in [0.05, 0.1) is 6.33 Å². The van der Waals surface area contributed by atoms with Gasteiger partial charge in [-0.2, -0.15) is 0 Å². The fourth-order valence-electron chi connectivity index (χ4n) is 3.73. The van der Waals surface area contributed by atoms with Crippen molar-refractivity contribution < 1.29 is 14.3 Å². The maximum Gasteiger partial charge on any atom is 0.332 e. The van der Waals surface area contributed by atoms with E-state index in [4.69, 9.17) is 4.74 Å². The molecule has 0 fully saturated rings. The van der Waals surface area contributed by atoms with Gasteiger partial charge >= 0.3 is 11.7 Å². The Morgan fingerprint density at radius 1 is 1.17 bits per heavy atom. The Bertz CT molecular complexity index is 1280. The third-order valence-electron chi connectivity index (χ3n) is 5.33. The van der Waals surface area contributed by atoms with Gasteiger partial charge in [-0.25, -0.2) is 9.78 Å². The van der Waals surface area contributed by atoms with Gasteiger partial charge in [0, 0.05) is 26.3 Å². The molecule has 1 aliphatic rings. The standard InChI is InChI=1S/C20H21N5O5/c1-12(18(27)25-9-8-13-6-4-5-7-14(13)25)30-15(26)10-24-11-21-17-16(24)19(28)23(3)20(29)22(17)2/h4-7,11-12H,8-10H2,1-3H3. The lowest BCUT2D eigenvalue weighted by Gasteiger charge is -2.21. The summed E-state index contributed by atoms with van der Waals surface area (Å²) >= 11 is 0. The Morgan fingerprint density at radius 2 is 1.90 bits per heavy atom. The highest BCUT2D eigenvalue weighted by atomic mass is 16.5. The lowest BCUT2D eigenvalue weighted by Crippen LogP contribution is -2.40. The van der Waals surface area contributed by atoms with Crippen LogP contribution in [0.15, 0.2) is 40.2 Å². The molecule has 156 valence electrons. The minimum Gasteiger partial charge on any atom is -0.451 e. The average Bonchev–Trinajstić information content (AvgIpc) is 3.34. The molecule has 10 nitrogen and oxygen atoms in total. The number of aryl methyl sites for hydroxylation is 1. The molecule has 1 atom stereocenters. The summed E-state index contributed by atoms with van der Waals surface area (Å²) < 4.78 is 8.83. The van der Waals surface area contributed by atoms with Crippen LogP contribution in [0.2, 0.25) is 0 Å². The second-order valence-electron chi connectivity index (χ2n) is 7.25. The summed E-state index contributed by atoms with van der Waals surface area (Å²) in [5, 5.41) is 0. The zero-order chi connectivity index (χ0) is 21.6. The fourth-order valence-corrected chi connectivity index (χ4v) is 3.73. The summed E-state index contributed by atoms with van der Waals surface area (Å²) in [4.78, 5) is 55.4. The number of nitrogens with zero attached hydrogens (tertiary/aromatic N) is 5. The maximum absolute atomic E-state index is 12.8. The topological polar surface area (TPSA) is 108 Å². The van der Waals surface area contributed by atoms with Gasteiger partial charge in [-0.05, 0) is 25.0 Å². The average molecular weight is 411 g/mol. The molecule has 4 rings (SSSR count). The van der Waals surface area contributed by atoms with E-state index in [1.165, 1.54) is 36.5 Å². The third-order valence-corrected chi connectivity index (χ3v) is 5.33. The molecule has 3 aromatic rings. The van der Waals surface area contributed by atoms with Crippen LogP contribution < -0.4 is 16.1 Å². The lowest BCUT2D eigenvalue weighted by atomic mass is 10.2. The first-order valence-electron chi connectivity index (χ1n) is 9.49. The first-order chi connectivity index (χ1) is 14.3. The van der Waals surface area contributed by atoms with Crippen molar-refractivity contribution in [1.29, 1.82) is 0 Å². The summed E-state index contributed by atoms with van der Waals surface area (Å²) in [6.45, 7) is 1.75. The molecular weight excluding hydrogens is 390 g/mol. The maximum atomic E-state index is 12.8. The van der Waals surface area contributed by atoms with Gasteiger partial charge in [0.15, 0.2) is 17.3 Å². The molecule has 1 aromatic carbocycles. The number of aromatic nitrogens is 4. The summed E-state index contributed by atoms with van der Waals surface area (Å²) in [6.07, 6.45) is 1.08. The molecular formula is C20H21N5O5. The lowest BCUT2D eigenvalue weighted by molar-refractivity contribution is -0.154. The summed E-state index contributed by atoms with van der Waals surface area (Å²) in [5.41, 5.74) is 1.13. The molecule has 1 aliphatic heterocycles. The number of amides is 1. The van der Waals surface area contributed by atoms with Gasteiger partial charge < -0.3 is 14.2 Å². The van der Waals surface area contributed by atoms with Crippen molar-refractivity contribution in [1.82, 2.24) is 18.7 Å². The normalized spacial score (nSPS) is 14.0. The van der Waals surface area contributed by atoms with Gasteiger partial charge in [0.25, 0.3) is 11.5 Å². The van der Waals surface area contributed by atoms with E-state index in [1.54, 1.807) is 4.90 Å². The number of imidazole rings is 1. The number of para-hydroxylation sites is 1. The van der Waals surface area contributed by atoms with Crippen LogP contribution in [-0.4, -0.2) is 43.2 Å². The highest BCUT2D eigenvalue weighted by Crippen LogP contribution is 2.28. The van der Waals surface area contributed by atoms with E-state index in [2.05, 4.69) is 4.98 Å². The Labute approximate surface area is 170 Å². The van der Waals surface area contributed by atoms with Crippen molar-refractivity contribution in [3.63, 3.8) is 0 Å². The Kier molecular flexibility index (Phi) is 4.76. The van der Waals surface area contributed by atoms with Gasteiger partial charge in [-0.3, -0.25) is 23.5 Å². The highest BCUT2D eigenvalue weighted by Gasteiger charge is 2.30. The molecule has 2 aromatic heterocycles. The predicted molar refractivity (Wildman–Crippen MR) is 108 cm³/mol. The molecule has 1 unspecified atom stereocenters. The summed E-state index contributed by atoms with van der Waals surface area (Å²) in [7, 11) is 2.85. The van der Waals surface area contributed by atoms with Crippen molar-refractivity contribution >= 4 is 28.7 Å². The number of benzene rings is 1. The van der Waals surface area contributed by atoms with Crippen LogP contribution in [0, 0.1) is 0 Å². The minimum atomic E-state index is -0.981. The third kappa shape index (κ3) is 3.10. The van der Waals surface area contributed by atoms with E-state index < -0.39 is 23.3 Å². The molecule has 1 amide bonds. The first kappa shape index (κ1) is 19.6. The van der Waals surface area contributed by atoms with Crippen molar-refractivity contribution in [3.05, 3.63) is 57.0 Å². The summed E-state index contributed by atoms with van der Waals surface area (Å²) in [5.74, 6) is -0.986. The van der Waals surface area contributed by atoms with E-state index in [9.17, 15) is 19.2 Å². The number of carbonyl (C=O) groups is 2. The smallest absolute Gasteiger partial charge is 0.332 e. The quantitative estimate of drug-likeness (QED) is 0.557. The molecule has 0 saturated carbocycles. The number of carbonyl (C=O) groups excluding carboxylic acids is 2. The number of ether oxygens (including phenoxy) is 1. The number of rotatable bonds is 4. The van der Waals surface area contributed by atoms with Crippen molar-refractivity contribution in [3.8, 4) is 0 Å². The number of hydrogen-bond donors (Lipinski definition) is 0.